The zero-order valence-electron chi connectivity index (χ0n) is 19.9. The third-order valence-corrected chi connectivity index (χ3v) is 6.75. The number of nitrogens with zero attached hydrogens (tertiary/aromatic N) is 4. The zero-order chi connectivity index (χ0) is 23.4. The van der Waals surface area contributed by atoms with Crippen molar-refractivity contribution in [2.24, 2.45) is 5.92 Å². The summed E-state index contributed by atoms with van der Waals surface area (Å²) in [5.74, 6) is -0.152. The molecular formula is C26H31N5O2. The molecule has 0 unspecified atom stereocenters. The SMILES string of the molecule is CC(=O)N1CC2=C(C1=O)[C@@H](c1cnn(C(C)C)c1)c1cn(CCC(C)C)c3cccc(c13)N2. The van der Waals surface area contributed by atoms with Crippen molar-refractivity contribution in [2.45, 2.75) is 59.5 Å². The van der Waals surface area contributed by atoms with Crippen molar-refractivity contribution in [2.75, 3.05) is 11.9 Å². The topological polar surface area (TPSA) is 72.2 Å². The predicted octanol–water partition coefficient (Wildman–Crippen LogP) is 4.67. The molecule has 0 spiro atoms. The normalized spacial score (nSPS) is 17.8. The third kappa shape index (κ3) is 3.46. The Morgan fingerprint density at radius 2 is 2.00 bits per heavy atom. The largest absolute Gasteiger partial charge is 0.356 e. The first-order valence-corrected chi connectivity index (χ1v) is 11.7. The summed E-state index contributed by atoms with van der Waals surface area (Å²) in [7, 11) is 0. The van der Waals surface area contributed by atoms with Crippen LogP contribution in [0.1, 0.15) is 64.1 Å². The van der Waals surface area contributed by atoms with Gasteiger partial charge in [0, 0.05) is 60.2 Å². The summed E-state index contributed by atoms with van der Waals surface area (Å²) in [6, 6.07) is 6.48. The van der Waals surface area contributed by atoms with Gasteiger partial charge in [-0.2, -0.15) is 5.10 Å². The summed E-state index contributed by atoms with van der Waals surface area (Å²) in [4.78, 5) is 27.1. The smallest absolute Gasteiger partial charge is 0.259 e. The molecule has 3 aromatic rings. The summed E-state index contributed by atoms with van der Waals surface area (Å²) in [5.41, 5.74) is 5.65. The Morgan fingerprint density at radius 3 is 2.67 bits per heavy atom. The van der Waals surface area contributed by atoms with E-state index in [1.54, 1.807) is 0 Å². The fraction of sp³-hybridized carbons (Fsp3) is 0.423. The van der Waals surface area contributed by atoms with Crippen LogP contribution >= 0.6 is 0 Å². The molecule has 2 amide bonds. The minimum absolute atomic E-state index is 0.215. The van der Waals surface area contributed by atoms with Gasteiger partial charge in [0.1, 0.15) is 0 Å². The Kier molecular flexibility index (Phi) is 5.15. The van der Waals surface area contributed by atoms with Gasteiger partial charge in [-0.15, -0.1) is 0 Å². The number of carbonyl (C=O) groups excluding carboxylic acids is 2. The molecule has 1 N–H and O–H groups in total. The number of aryl methyl sites for hydroxylation is 1. The van der Waals surface area contributed by atoms with Gasteiger partial charge in [-0.25, -0.2) is 0 Å². The molecule has 0 saturated heterocycles. The lowest BCUT2D eigenvalue weighted by molar-refractivity contribution is -0.139. The van der Waals surface area contributed by atoms with Crippen molar-refractivity contribution in [1.29, 1.82) is 0 Å². The molecule has 0 fully saturated rings. The van der Waals surface area contributed by atoms with Gasteiger partial charge >= 0.3 is 0 Å². The van der Waals surface area contributed by atoms with Crippen LogP contribution in [0.5, 0.6) is 0 Å². The minimum Gasteiger partial charge on any atom is -0.356 e. The average molecular weight is 446 g/mol. The maximum Gasteiger partial charge on any atom is 0.259 e. The molecule has 2 aliphatic heterocycles. The zero-order valence-corrected chi connectivity index (χ0v) is 19.9. The van der Waals surface area contributed by atoms with E-state index < -0.39 is 0 Å². The summed E-state index contributed by atoms with van der Waals surface area (Å²) < 4.78 is 4.23. The highest BCUT2D eigenvalue weighted by Gasteiger charge is 2.42. The van der Waals surface area contributed by atoms with Gasteiger partial charge in [0.15, 0.2) is 0 Å². The molecule has 7 nitrogen and oxygen atoms in total. The Morgan fingerprint density at radius 1 is 1.21 bits per heavy atom. The molecule has 5 rings (SSSR count). The van der Waals surface area contributed by atoms with E-state index in [1.807, 2.05) is 17.1 Å². The third-order valence-electron chi connectivity index (χ3n) is 6.75. The highest BCUT2D eigenvalue weighted by Crippen LogP contribution is 2.46. The molecule has 1 atom stereocenters. The quantitative estimate of drug-likeness (QED) is 0.620. The van der Waals surface area contributed by atoms with Crippen molar-refractivity contribution in [1.82, 2.24) is 19.2 Å². The second kappa shape index (κ2) is 7.90. The highest BCUT2D eigenvalue weighted by atomic mass is 16.2. The Balaban J connectivity index is 1.74. The van der Waals surface area contributed by atoms with Crippen LogP contribution in [0.2, 0.25) is 0 Å². The van der Waals surface area contributed by atoms with Crippen LogP contribution in [0.4, 0.5) is 5.69 Å². The second-order valence-corrected chi connectivity index (χ2v) is 9.87. The first-order chi connectivity index (χ1) is 15.8. The van der Waals surface area contributed by atoms with E-state index in [4.69, 9.17) is 0 Å². The van der Waals surface area contributed by atoms with Crippen molar-refractivity contribution < 1.29 is 9.59 Å². The van der Waals surface area contributed by atoms with Gasteiger partial charge in [0.05, 0.1) is 23.8 Å². The molecule has 0 saturated carbocycles. The fourth-order valence-electron chi connectivity index (χ4n) is 4.99. The summed E-state index contributed by atoms with van der Waals surface area (Å²) in [6.45, 7) is 11.3. The van der Waals surface area contributed by atoms with E-state index in [9.17, 15) is 9.59 Å². The first kappa shape index (κ1) is 21.5. The van der Waals surface area contributed by atoms with Crippen molar-refractivity contribution in [3.63, 3.8) is 0 Å². The standard InChI is InChI=1S/C26H31N5O2/c1-15(2)9-10-29-13-19-23(18-11-27-31(12-18)16(3)4)25-21(14-30(17(5)32)26(25)33)28-20-7-6-8-22(29)24(19)20/h6-8,11-13,15-16,23,28H,9-10,14H2,1-5H3/t23-/m0/s1. The Bertz CT molecular complexity index is 1290. The molecule has 33 heavy (non-hydrogen) atoms. The number of rotatable bonds is 5. The monoisotopic (exact) mass is 445 g/mol. The molecule has 172 valence electrons. The van der Waals surface area contributed by atoms with Crippen LogP contribution in [-0.2, 0) is 16.1 Å². The average Bonchev–Trinajstić information content (AvgIpc) is 3.44. The fourth-order valence-corrected chi connectivity index (χ4v) is 4.99. The van der Waals surface area contributed by atoms with Gasteiger partial charge in [0.25, 0.3) is 5.91 Å². The van der Waals surface area contributed by atoms with Crippen molar-refractivity contribution in [3.05, 3.63) is 59.2 Å². The van der Waals surface area contributed by atoms with Gasteiger partial charge < -0.3 is 9.88 Å². The molecule has 0 radical (unpaired) electrons. The number of amides is 2. The van der Waals surface area contributed by atoms with Crippen LogP contribution in [0.3, 0.4) is 0 Å². The number of carbonyl (C=O) groups is 2. The van der Waals surface area contributed by atoms with Crippen LogP contribution in [0, 0.1) is 5.92 Å². The maximum absolute atomic E-state index is 13.5. The van der Waals surface area contributed by atoms with Gasteiger partial charge in [-0.1, -0.05) is 19.9 Å². The van der Waals surface area contributed by atoms with E-state index in [1.165, 1.54) is 11.8 Å². The summed E-state index contributed by atoms with van der Waals surface area (Å²) >= 11 is 0. The van der Waals surface area contributed by atoms with Gasteiger partial charge in [-0.3, -0.25) is 19.2 Å². The molecule has 0 aliphatic carbocycles. The number of hydrogen-bond acceptors (Lipinski definition) is 4. The lowest BCUT2D eigenvalue weighted by atomic mass is 9.86. The first-order valence-electron chi connectivity index (χ1n) is 11.7. The summed E-state index contributed by atoms with van der Waals surface area (Å²) in [5, 5.41) is 9.25. The van der Waals surface area contributed by atoms with E-state index >= 15 is 0 Å². The second-order valence-electron chi connectivity index (χ2n) is 9.87. The number of imide groups is 1. The lowest BCUT2D eigenvalue weighted by Gasteiger charge is -2.18. The van der Waals surface area contributed by atoms with Crippen LogP contribution < -0.4 is 5.32 Å². The minimum atomic E-state index is -0.289. The van der Waals surface area contributed by atoms with E-state index in [0.717, 1.165) is 46.4 Å². The Labute approximate surface area is 194 Å². The van der Waals surface area contributed by atoms with Crippen LogP contribution in [0.15, 0.2) is 48.1 Å². The number of benzene rings is 1. The van der Waals surface area contributed by atoms with Crippen LogP contribution in [-0.4, -0.2) is 37.6 Å². The number of hydrogen-bond donors (Lipinski definition) is 1. The van der Waals surface area contributed by atoms with E-state index in [0.29, 0.717) is 11.5 Å². The van der Waals surface area contributed by atoms with Gasteiger partial charge in [-0.05, 0) is 43.9 Å². The molecule has 4 heterocycles. The molecule has 2 aliphatic rings. The summed E-state index contributed by atoms with van der Waals surface area (Å²) in [6.07, 6.45) is 7.18. The van der Waals surface area contributed by atoms with Crippen molar-refractivity contribution >= 4 is 28.4 Å². The number of aromatic nitrogens is 3. The molecule has 2 aromatic heterocycles. The molecule has 1 aromatic carbocycles. The lowest BCUT2D eigenvalue weighted by Crippen LogP contribution is -2.33. The highest BCUT2D eigenvalue weighted by molar-refractivity contribution is 6.11. The number of nitrogens with one attached hydrogen (secondary N) is 1. The Hall–Kier alpha value is -3.35. The van der Waals surface area contributed by atoms with Gasteiger partial charge in [0.2, 0.25) is 5.91 Å². The van der Waals surface area contributed by atoms with E-state index in [2.05, 4.69) is 67.1 Å². The molecule has 0 bridgehead atoms. The predicted molar refractivity (Wildman–Crippen MR) is 129 cm³/mol. The van der Waals surface area contributed by atoms with Crippen molar-refractivity contribution in [3.8, 4) is 0 Å². The maximum atomic E-state index is 13.5. The molecular weight excluding hydrogens is 414 g/mol. The number of anilines is 1. The van der Waals surface area contributed by atoms with Crippen LogP contribution in [0.25, 0.3) is 10.9 Å². The molecule has 7 heteroatoms. The van der Waals surface area contributed by atoms with E-state index in [-0.39, 0.29) is 30.3 Å².